The Bertz CT molecular complexity index is 1670. The number of aliphatic hydroxyl groups is 5. The van der Waals surface area contributed by atoms with E-state index >= 15 is 0 Å². The second-order valence-electron chi connectivity index (χ2n) is 20.0. The first-order chi connectivity index (χ1) is 30.3. The minimum Gasteiger partial charge on any atom is -0.461 e. The van der Waals surface area contributed by atoms with E-state index in [9.17, 15) is 44.7 Å². The molecule has 15 atom stereocenters. The number of ketones is 2. The molecule has 0 radical (unpaired) electrons. The van der Waals surface area contributed by atoms with Crippen LogP contribution >= 0.6 is 0 Å². The van der Waals surface area contributed by atoms with Gasteiger partial charge in [0.1, 0.15) is 17.9 Å². The van der Waals surface area contributed by atoms with Crippen LogP contribution in [0.5, 0.6) is 0 Å². The van der Waals surface area contributed by atoms with E-state index in [-0.39, 0.29) is 48.5 Å². The largest absolute Gasteiger partial charge is 0.461 e. The summed E-state index contributed by atoms with van der Waals surface area (Å²) in [5, 5.41) is 54.1. The Hall–Kier alpha value is -3.04. The van der Waals surface area contributed by atoms with E-state index < -0.39 is 84.4 Å². The second kappa shape index (κ2) is 25.2. The van der Waals surface area contributed by atoms with Crippen LogP contribution in [0.4, 0.5) is 0 Å². The molecule has 2 bridgehead atoms. The fourth-order valence-electron chi connectivity index (χ4n) is 10.5. The summed E-state index contributed by atoms with van der Waals surface area (Å²) >= 11 is 0. The fourth-order valence-corrected chi connectivity index (χ4v) is 10.5. The Balaban J connectivity index is 1.67. The van der Waals surface area contributed by atoms with E-state index in [1.165, 1.54) is 4.90 Å². The van der Waals surface area contributed by atoms with E-state index in [2.05, 4.69) is 0 Å². The highest BCUT2D eigenvalue weighted by atomic mass is 16.6. The van der Waals surface area contributed by atoms with Gasteiger partial charge in [-0.3, -0.25) is 14.4 Å². The Labute approximate surface area is 382 Å². The van der Waals surface area contributed by atoms with Crippen LogP contribution in [-0.4, -0.2) is 123 Å². The molecule has 1 amide bonds. The molecule has 3 heterocycles. The summed E-state index contributed by atoms with van der Waals surface area (Å²) in [4.78, 5) is 57.6. The molecule has 4 rings (SSSR count). The minimum absolute atomic E-state index is 0.0368. The number of ether oxygens (including phenoxy) is 3. The molecular weight excluding hydrogens is 819 g/mol. The van der Waals surface area contributed by atoms with Crippen molar-refractivity contribution in [3.05, 3.63) is 47.6 Å². The van der Waals surface area contributed by atoms with Crippen LogP contribution in [0.3, 0.4) is 0 Å². The standard InChI is InChI=1S/C51H81NO12/c1-31-14-10-9-11-15-33(3)45(62-8)28-40-20-18-37(7)51(61,64-40)48(58)49(59)52-23-13-12-16-42(52)50(60)63-44(34(4)26-38-19-21-43(55)39(27-38)29-53)22-17-32(2)25-36(6)47(57)41(30-54)46(56)35(5)24-31/h9-11,14-15,25,31-32,34-35,37-45,47,53-55,57,61H,12-13,16-24,26-30H2,1-8H3/b11-9+,14-10+,33-15+,36-25+/t31-,32+,34-,35-,37-,38+,39+,40+,41+,42+,43-,44+,45+,47-,51?/m1/s1. The van der Waals surface area contributed by atoms with Crippen LogP contribution in [-0.2, 0) is 33.4 Å². The predicted molar refractivity (Wildman–Crippen MR) is 244 cm³/mol. The van der Waals surface area contributed by atoms with Gasteiger partial charge in [-0.15, -0.1) is 0 Å². The highest BCUT2D eigenvalue weighted by Gasteiger charge is 2.53. The monoisotopic (exact) mass is 900 g/mol. The Morgan fingerprint density at radius 2 is 1.58 bits per heavy atom. The van der Waals surface area contributed by atoms with Gasteiger partial charge in [0.05, 0.1) is 36.9 Å². The maximum atomic E-state index is 14.3. The van der Waals surface area contributed by atoms with Crippen molar-refractivity contribution >= 4 is 23.4 Å². The van der Waals surface area contributed by atoms with Gasteiger partial charge < -0.3 is 44.6 Å². The molecule has 13 heteroatoms. The molecule has 5 N–H and O–H groups in total. The molecule has 4 aliphatic rings. The summed E-state index contributed by atoms with van der Waals surface area (Å²) in [5.74, 6) is -7.61. The average Bonchev–Trinajstić information content (AvgIpc) is 3.27. The molecule has 0 aromatic rings. The number of nitrogens with zero attached hydrogens (tertiary/aromatic N) is 1. The van der Waals surface area contributed by atoms with Gasteiger partial charge in [-0.1, -0.05) is 71.1 Å². The smallest absolute Gasteiger partial charge is 0.329 e. The summed E-state index contributed by atoms with van der Waals surface area (Å²) < 4.78 is 18.4. The molecule has 0 spiro atoms. The average molecular weight is 900 g/mol. The quantitative estimate of drug-likeness (QED) is 0.115. The summed E-state index contributed by atoms with van der Waals surface area (Å²) in [6, 6.07) is -1.04. The number of hydrogen-bond donors (Lipinski definition) is 5. The normalized spacial score (nSPS) is 40.8. The summed E-state index contributed by atoms with van der Waals surface area (Å²) in [5.41, 5.74) is 1.45. The molecular formula is C51H81NO12. The van der Waals surface area contributed by atoms with Crippen molar-refractivity contribution in [2.24, 2.45) is 47.3 Å². The van der Waals surface area contributed by atoms with Gasteiger partial charge in [-0.25, -0.2) is 4.79 Å². The van der Waals surface area contributed by atoms with Crippen LogP contribution in [0.1, 0.15) is 132 Å². The molecule has 0 aromatic carbocycles. The number of hydrogen-bond acceptors (Lipinski definition) is 12. The van der Waals surface area contributed by atoms with Crippen molar-refractivity contribution in [1.29, 1.82) is 0 Å². The molecule has 3 fully saturated rings. The molecule has 2 saturated heterocycles. The molecule has 13 nitrogen and oxygen atoms in total. The third-order valence-corrected chi connectivity index (χ3v) is 14.7. The highest BCUT2D eigenvalue weighted by molar-refractivity contribution is 6.39. The van der Waals surface area contributed by atoms with E-state index in [1.54, 1.807) is 21.0 Å². The summed E-state index contributed by atoms with van der Waals surface area (Å²) in [7, 11) is 1.58. The summed E-state index contributed by atoms with van der Waals surface area (Å²) in [6.07, 6.45) is 15.2. The Morgan fingerprint density at radius 1 is 0.844 bits per heavy atom. The van der Waals surface area contributed by atoms with Crippen LogP contribution in [0, 0.1) is 47.3 Å². The van der Waals surface area contributed by atoms with Gasteiger partial charge in [0.25, 0.3) is 11.7 Å². The van der Waals surface area contributed by atoms with Crippen molar-refractivity contribution in [2.45, 2.75) is 174 Å². The number of cyclic esters (lactones) is 1. The third-order valence-electron chi connectivity index (χ3n) is 14.7. The second-order valence-corrected chi connectivity index (χ2v) is 20.0. The molecule has 362 valence electrons. The van der Waals surface area contributed by atoms with Crippen LogP contribution in [0.15, 0.2) is 47.6 Å². The minimum atomic E-state index is -2.39. The van der Waals surface area contributed by atoms with E-state index in [4.69, 9.17) is 14.2 Å². The SMILES string of the molecule is CO[C@H]1C[C@@H]2CC[C@@H](C)C(O)(O2)C(=O)C(=O)N2CCCC[C@H]2C(=O)O[C@H]([C@H](C)C[C@@H]2CC[C@@H](O)[C@H](CO)C2)CC[C@H](C)/C=C(\C)[C@@H](O)[C@@H](CO)C(=O)[C@H](C)C[C@H](C)/C=C/C=C/C=C/1C. The van der Waals surface area contributed by atoms with Crippen molar-refractivity contribution < 1.29 is 58.9 Å². The summed E-state index contributed by atoms with van der Waals surface area (Å²) in [6.45, 7) is 12.8. The first-order valence-corrected chi connectivity index (χ1v) is 24.1. The van der Waals surface area contributed by atoms with E-state index in [0.29, 0.717) is 82.6 Å². The van der Waals surface area contributed by atoms with Gasteiger partial charge in [-0.05, 0) is 126 Å². The predicted octanol–water partition coefficient (Wildman–Crippen LogP) is 6.19. The number of piperidine rings is 1. The maximum Gasteiger partial charge on any atom is 0.329 e. The topological polar surface area (TPSA) is 200 Å². The van der Waals surface area contributed by atoms with Gasteiger partial charge in [0.2, 0.25) is 5.79 Å². The molecule has 3 aliphatic heterocycles. The van der Waals surface area contributed by atoms with Crippen molar-refractivity contribution in [2.75, 3.05) is 26.9 Å². The number of Topliss-reactive ketones (excluding diaryl/α,β-unsaturated/α-hetero) is 2. The maximum absolute atomic E-state index is 14.3. The van der Waals surface area contributed by atoms with Gasteiger partial charge in [-0.2, -0.15) is 0 Å². The first-order valence-electron chi connectivity index (χ1n) is 24.1. The molecule has 64 heavy (non-hydrogen) atoms. The number of methoxy groups -OCH3 is 1. The van der Waals surface area contributed by atoms with Crippen molar-refractivity contribution in [3.8, 4) is 0 Å². The number of allylic oxidation sites excluding steroid dienone is 6. The zero-order valence-corrected chi connectivity index (χ0v) is 39.9. The lowest BCUT2D eigenvalue weighted by Gasteiger charge is -2.42. The van der Waals surface area contributed by atoms with Gasteiger partial charge in [0.15, 0.2) is 0 Å². The fraction of sp³-hybridized carbons (Fsp3) is 0.765. The lowest BCUT2D eigenvalue weighted by Crippen LogP contribution is -2.61. The lowest BCUT2D eigenvalue weighted by atomic mass is 9.75. The first kappa shape index (κ1) is 53.6. The molecule has 1 aliphatic carbocycles. The zero-order valence-electron chi connectivity index (χ0n) is 39.9. The number of aliphatic hydroxyl groups excluding tert-OH is 4. The number of esters is 1. The number of rotatable bonds is 6. The Morgan fingerprint density at radius 3 is 2.27 bits per heavy atom. The molecule has 1 saturated carbocycles. The van der Waals surface area contributed by atoms with Crippen molar-refractivity contribution in [1.82, 2.24) is 4.90 Å². The third kappa shape index (κ3) is 14.2. The van der Waals surface area contributed by atoms with Crippen LogP contribution < -0.4 is 0 Å². The van der Waals surface area contributed by atoms with E-state index in [1.807, 2.05) is 71.1 Å². The highest BCUT2D eigenvalue weighted by Crippen LogP contribution is 2.38. The van der Waals surface area contributed by atoms with E-state index in [0.717, 1.165) is 12.0 Å². The van der Waals surface area contributed by atoms with Gasteiger partial charge >= 0.3 is 5.97 Å². The number of fused-ring (bicyclic) bond motifs is 3. The zero-order chi connectivity index (χ0) is 47.3. The van der Waals surface area contributed by atoms with Crippen molar-refractivity contribution in [3.63, 3.8) is 0 Å². The van der Waals surface area contributed by atoms with Crippen LogP contribution in [0.25, 0.3) is 0 Å². The number of carbonyl (C=O) groups is 4. The number of carbonyl (C=O) groups excluding carboxylic acids is 4. The number of amides is 1. The molecule has 1 unspecified atom stereocenters. The lowest BCUT2D eigenvalue weighted by molar-refractivity contribution is -0.265. The van der Waals surface area contributed by atoms with Crippen LogP contribution in [0.2, 0.25) is 0 Å². The Kier molecular flexibility index (Phi) is 21.1. The molecule has 0 aromatic heterocycles. The van der Waals surface area contributed by atoms with Gasteiger partial charge in [0, 0.05) is 44.4 Å².